The maximum atomic E-state index is 12.7. The predicted octanol–water partition coefficient (Wildman–Crippen LogP) is 5.49. The van der Waals surface area contributed by atoms with E-state index in [1.807, 2.05) is 59.5 Å². The van der Waals surface area contributed by atoms with Gasteiger partial charge in [-0.15, -0.1) is 0 Å². The van der Waals surface area contributed by atoms with Crippen LogP contribution in [0.2, 0.25) is 0 Å². The minimum absolute atomic E-state index is 0.0683. The number of hydrogen-bond donors (Lipinski definition) is 0. The highest BCUT2D eigenvalue weighted by atomic mass is 19.4. The van der Waals surface area contributed by atoms with Gasteiger partial charge in [0.1, 0.15) is 0 Å². The fourth-order valence-electron chi connectivity index (χ4n) is 3.50. The summed E-state index contributed by atoms with van der Waals surface area (Å²) in [7, 11) is 0. The van der Waals surface area contributed by atoms with E-state index in [0.29, 0.717) is 0 Å². The Kier molecular flexibility index (Phi) is 6.38. The summed E-state index contributed by atoms with van der Waals surface area (Å²) in [5, 5.41) is 0. The number of nitrogens with zero attached hydrogens (tertiary/aromatic N) is 2. The quantitative estimate of drug-likeness (QED) is 0.585. The Balaban J connectivity index is 1.69. The Bertz CT molecular complexity index is 887. The molecule has 10 heteroatoms. The number of amides is 1. The maximum absolute atomic E-state index is 12.7. The number of benzene rings is 2. The van der Waals surface area contributed by atoms with E-state index in [2.05, 4.69) is 4.74 Å². The summed E-state index contributed by atoms with van der Waals surface area (Å²) in [6.45, 7) is 1.83. The van der Waals surface area contributed by atoms with Crippen molar-refractivity contribution in [2.75, 3.05) is 24.5 Å². The van der Waals surface area contributed by atoms with Crippen molar-refractivity contribution in [3.05, 3.63) is 54.6 Å². The van der Waals surface area contributed by atoms with Gasteiger partial charge in [0.2, 0.25) is 0 Å². The molecule has 0 aromatic heterocycles. The Morgan fingerprint density at radius 2 is 1.55 bits per heavy atom. The second kappa shape index (κ2) is 8.68. The molecule has 1 unspecified atom stereocenters. The van der Waals surface area contributed by atoms with Crippen LogP contribution in [0.4, 0.5) is 36.8 Å². The fraction of sp³-hybridized carbons (Fsp3) is 0.381. The first-order valence-electron chi connectivity index (χ1n) is 9.48. The van der Waals surface area contributed by atoms with Gasteiger partial charge in [0.15, 0.2) is 0 Å². The Hall–Kier alpha value is -2.91. The molecule has 0 aliphatic carbocycles. The number of carbonyl (C=O) groups excluding carboxylic acids is 1. The summed E-state index contributed by atoms with van der Waals surface area (Å²) in [6.07, 6.45) is -17.3. The number of anilines is 1. The molecule has 1 atom stereocenters. The fourth-order valence-corrected chi connectivity index (χ4v) is 3.50. The standard InChI is InChI=1S/C21H20F6N2O2/c1-14-13-28(19(30)31-18(20(22,23)24)21(25,26)27)10-11-29(14)17-9-5-8-16(12-17)15-6-3-2-4-7-15/h2-9,12,14,18H,10-11,13H2,1H3. The number of halogens is 6. The van der Waals surface area contributed by atoms with Crippen LogP contribution in [0.25, 0.3) is 11.1 Å². The smallest absolute Gasteiger partial charge is 0.426 e. The molecule has 2 aromatic carbocycles. The average molecular weight is 446 g/mol. The van der Waals surface area contributed by atoms with E-state index in [0.717, 1.165) is 21.7 Å². The lowest BCUT2D eigenvalue weighted by Crippen LogP contribution is -2.56. The van der Waals surface area contributed by atoms with E-state index in [1.54, 1.807) is 6.92 Å². The third-order valence-corrected chi connectivity index (χ3v) is 4.98. The SMILES string of the molecule is CC1CN(C(=O)OC(C(F)(F)F)C(F)(F)F)CCN1c1cccc(-c2ccccc2)c1. The van der Waals surface area contributed by atoms with Crippen LogP contribution in [0, 0.1) is 0 Å². The normalized spacial score (nSPS) is 17.7. The molecule has 1 aliphatic heterocycles. The zero-order valence-electron chi connectivity index (χ0n) is 16.5. The molecule has 0 bridgehead atoms. The van der Waals surface area contributed by atoms with Crippen molar-refractivity contribution in [3.8, 4) is 11.1 Å². The minimum atomic E-state index is -5.74. The summed E-state index contributed by atoms with van der Waals surface area (Å²) in [5.74, 6) is 0. The van der Waals surface area contributed by atoms with E-state index in [1.165, 1.54) is 0 Å². The lowest BCUT2D eigenvalue weighted by molar-refractivity contribution is -0.308. The van der Waals surface area contributed by atoms with Crippen LogP contribution in [0.5, 0.6) is 0 Å². The van der Waals surface area contributed by atoms with Gasteiger partial charge in [-0.2, -0.15) is 26.3 Å². The molecular weight excluding hydrogens is 426 g/mol. The topological polar surface area (TPSA) is 32.8 Å². The molecule has 0 N–H and O–H groups in total. The molecule has 1 amide bonds. The first-order chi connectivity index (χ1) is 14.5. The number of hydrogen-bond acceptors (Lipinski definition) is 3. The van der Waals surface area contributed by atoms with Gasteiger partial charge in [0.25, 0.3) is 6.10 Å². The largest absolute Gasteiger partial charge is 0.434 e. The van der Waals surface area contributed by atoms with Crippen molar-refractivity contribution in [1.29, 1.82) is 0 Å². The molecule has 1 aliphatic rings. The lowest BCUT2D eigenvalue weighted by atomic mass is 10.0. The lowest BCUT2D eigenvalue weighted by Gasteiger charge is -2.41. The summed E-state index contributed by atoms with van der Waals surface area (Å²) in [4.78, 5) is 14.8. The summed E-state index contributed by atoms with van der Waals surface area (Å²) < 4.78 is 79.7. The zero-order valence-corrected chi connectivity index (χ0v) is 16.5. The summed E-state index contributed by atoms with van der Waals surface area (Å²) in [6, 6.07) is 16.9. The summed E-state index contributed by atoms with van der Waals surface area (Å²) >= 11 is 0. The molecular formula is C21H20F6N2O2. The van der Waals surface area contributed by atoms with Crippen molar-refractivity contribution in [3.63, 3.8) is 0 Å². The highest BCUT2D eigenvalue weighted by Gasteiger charge is 2.60. The van der Waals surface area contributed by atoms with Crippen molar-refractivity contribution >= 4 is 11.8 Å². The van der Waals surface area contributed by atoms with E-state index in [-0.39, 0.29) is 25.7 Å². The molecule has 168 valence electrons. The molecule has 1 fully saturated rings. The molecule has 3 rings (SSSR count). The van der Waals surface area contributed by atoms with E-state index in [4.69, 9.17) is 0 Å². The Labute approximate surface area is 175 Å². The van der Waals surface area contributed by atoms with Crippen LogP contribution in [0.15, 0.2) is 54.6 Å². The monoisotopic (exact) mass is 446 g/mol. The number of alkyl halides is 6. The van der Waals surface area contributed by atoms with Gasteiger partial charge in [0.05, 0.1) is 0 Å². The maximum Gasteiger partial charge on any atom is 0.434 e. The van der Waals surface area contributed by atoms with E-state index < -0.39 is 24.5 Å². The number of piperazine rings is 1. The molecule has 1 heterocycles. The third-order valence-electron chi connectivity index (χ3n) is 4.98. The van der Waals surface area contributed by atoms with Gasteiger partial charge in [-0.1, -0.05) is 42.5 Å². The van der Waals surface area contributed by atoms with Crippen LogP contribution in [0.3, 0.4) is 0 Å². The average Bonchev–Trinajstić information content (AvgIpc) is 2.71. The number of ether oxygens (including phenoxy) is 1. The van der Waals surface area contributed by atoms with Crippen LogP contribution in [-0.2, 0) is 4.74 Å². The highest BCUT2D eigenvalue weighted by Crippen LogP contribution is 2.36. The van der Waals surface area contributed by atoms with Gasteiger partial charge < -0.3 is 14.5 Å². The molecule has 31 heavy (non-hydrogen) atoms. The van der Waals surface area contributed by atoms with Crippen LogP contribution < -0.4 is 4.90 Å². The van der Waals surface area contributed by atoms with Gasteiger partial charge in [-0.05, 0) is 30.2 Å². The molecule has 2 aromatic rings. The van der Waals surface area contributed by atoms with Crippen LogP contribution in [0.1, 0.15) is 6.92 Å². The second-order valence-electron chi connectivity index (χ2n) is 7.25. The van der Waals surface area contributed by atoms with Crippen molar-refractivity contribution in [2.45, 2.75) is 31.4 Å². The first-order valence-corrected chi connectivity index (χ1v) is 9.48. The minimum Gasteiger partial charge on any atom is -0.426 e. The zero-order chi connectivity index (χ0) is 22.8. The second-order valence-corrected chi connectivity index (χ2v) is 7.25. The molecule has 4 nitrogen and oxygen atoms in total. The van der Waals surface area contributed by atoms with Gasteiger partial charge in [0, 0.05) is 31.4 Å². The third kappa shape index (κ3) is 5.42. The highest BCUT2D eigenvalue weighted by molar-refractivity contribution is 5.70. The molecule has 0 radical (unpaired) electrons. The van der Waals surface area contributed by atoms with E-state index >= 15 is 0 Å². The van der Waals surface area contributed by atoms with E-state index in [9.17, 15) is 31.1 Å². The Morgan fingerprint density at radius 3 is 2.13 bits per heavy atom. The molecule has 1 saturated heterocycles. The van der Waals surface area contributed by atoms with Crippen molar-refractivity contribution in [2.24, 2.45) is 0 Å². The first kappa shape index (κ1) is 22.8. The van der Waals surface area contributed by atoms with Crippen LogP contribution >= 0.6 is 0 Å². The van der Waals surface area contributed by atoms with Gasteiger partial charge in [-0.25, -0.2) is 4.79 Å². The number of carbonyl (C=O) groups is 1. The van der Waals surface area contributed by atoms with Crippen LogP contribution in [-0.4, -0.2) is 55.1 Å². The molecule has 0 saturated carbocycles. The van der Waals surface area contributed by atoms with Crippen molar-refractivity contribution in [1.82, 2.24) is 4.90 Å². The summed E-state index contributed by atoms with van der Waals surface area (Å²) in [5.41, 5.74) is 2.81. The van der Waals surface area contributed by atoms with Crippen molar-refractivity contribution < 1.29 is 35.9 Å². The Morgan fingerprint density at radius 1 is 0.935 bits per heavy atom. The predicted molar refractivity (Wildman–Crippen MR) is 103 cm³/mol. The number of rotatable bonds is 3. The molecule has 0 spiro atoms. The van der Waals surface area contributed by atoms with Gasteiger partial charge in [-0.3, -0.25) is 0 Å². The van der Waals surface area contributed by atoms with Gasteiger partial charge >= 0.3 is 18.4 Å².